The monoisotopic (exact) mass is 381 g/mol. The molecule has 0 radical (unpaired) electrons. The molecule has 28 heavy (non-hydrogen) atoms. The molecule has 0 N–H and O–H groups in total. The molecule has 0 saturated carbocycles. The number of ether oxygens (including phenoxy) is 3. The summed E-state index contributed by atoms with van der Waals surface area (Å²) in [4.78, 5) is 24.6. The predicted molar refractivity (Wildman–Crippen MR) is 106 cm³/mol. The average Bonchev–Trinajstić information content (AvgIpc) is 2.97. The molecule has 2 aromatic carbocycles. The summed E-state index contributed by atoms with van der Waals surface area (Å²) < 4.78 is 18.0. The molecule has 1 aromatic heterocycles. The molecule has 0 fully saturated rings. The molecule has 3 rings (SSSR count). The molecule has 0 spiro atoms. The van der Waals surface area contributed by atoms with Gasteiger partial charge in [0.25, 0.3) is 0 Å². The van der Waals surface area contributed by atoms with Gasteiger partial charge in [-0.15, -0.1) is 0 Å². The van der Waals surface area contributed by atoms with Crippen molar-refractivity contribution in [1.29, 1.82) is 0 Å². The summed E-state index contributed by atoms with van der Waals surface area (Å²) >= 11 is 0. The Morgan fingerprint density at radius 1 is 1.00 bits per heavy atom. The Morgan fingerprint density at radius 3 is 2.43 bits per heavy atom. The van der Waals surface area contributed by atoms with E-state index in [1.54, 1.807) is 31.2 Å². The van der Waals surface area contributed by atoms with Gasteiger partial charge < -0.3 is 18.8 Å². The highest BCUT2D eigenvalue weighted by molar-refractivity contribution is 6.06. The van der Waals surface area contributed by atoms with Crippen molar-refractivity contribution in [2.24, 2.45) is 0 Å². The van der Waals surface area contributed by atoms with Crippen LogP contribution in [0.5, 0.6) is 11.5 Å². The minimum absolute atomic E-state index is 0.207. The second kappa shape index (κ2) is 8.61. The minimum Gasteiger partial charge on any atom is -0.482 e. The largest absolute Gasteiger partial charge is 0.482 e. The molecule has 0 aliphatic heterocycles. The number of fused-ring (bicyclic) bond motifs is 1. The van der Waals surface area contributed by atoms with E-state index in [0.717, 1.165) is 11.2 Å². The number of carbonyl (C=O) groups is 2. The Labute approximate surface area is 163 Å². The number of rotatable bonds is 7. The maximum absolute atomic E-state index is 12.4. The molecule has 0 unspecified atom stereocenters. The van der Waals surface area contributed by atoms with Gasteiger partial charge in [-0.1, -0.05) is 18.2 Å². The first kappa shape index (κ1) is 19.5. The van der Waals surface area contributed by atoms with Crippen molar-refractivity contribution in [2.75, 3.05) is 13.2 Å². The van der Waals surface area contributed by atoms with Crippen LogP contribution in [0.4, 0.5) is 0 Å². The molecule has 6 nitrogen and oxygen atoms in total. The Kier molecular flexibility index (Phi) is 5.99. The van der Waals surface area contributed by atoms with Gasteiger partial charge in [0.05, 0.1) is 12.2 Å². The fourth-order valence-electron chi connectivity index (χ4n) is 3.21. The van der Waals surface area contributed by atoms with Crippen LogP contribution in [0.3, 0.4) is 0 Å². The van der Waals surface area contributed by atoms with Crippen LogP contribution >= 0.6 is 0 Å². The van der Waals surface area contributed by atoms with E-state index < -0.39 is 5.97 Å². The third-order valence-corrected chi connectivity index (χ3v) is 4.42. The first-order valence-electron chi connectivity index (χ1n) is 9.23. The van der Waals surface area contributed by atoms with Gasteiger partial charge in [0, 0.05) is 23.1 Å². The van der Waals surface area contributed by atoms with E-state index >= 15 is 0 Å². The van der Waals surface area contributed by atoms with Gasteiger partial charge in [0.2, 0.25) is 0 Å². The summed E-state index contributed by atoms with van der Waals surface area (Å²) in [6.07, 6.45) is 0. The van der Waals surface area contributed by atoms with Crippen LogP contribution in [-0.4, -0.2) is 29.7 Å². The highest BCUT2D eigenvalue weighted by atomic mass is 16.6. The molecule has 146 valence electrons. The highest BCUT2D eigenvalue weighted by Crippen LogP contribution is 2.30. The van der Waals surface area contributed by atoms with Crippen LogP contribution in [-0.2, 0) is 16.1 Å². The minimum atomic E-state index is -0.521. The second-order valence-corrected chi connectivity index (χ2v) is 6.18. The lowest BCUT2D eigenvalue weighted by Gasteiger charge is -2.07. The van der Waals surface area contributed by atoms with Crippen LogP contribution in [0.1, 0.15) is 29.9 Å². The van der Waals surface area contributed by atoms with Gasteiger partial charge in [-0.25, -0.2) is 9.59 Å². The Balaban J connectivity index is 1.83. The molecule has 0 amide bonds. The number of aryl methyl sites for hydroxylation is 1. The van der Waals surface area contributed by atoms with E-state index in [-0.39, 0.29) is 12.6 Å². The first-order valence-corrected chi connectivity index (χ1v) is 9.23. The number of esters is 2. The summed E-state index contributed by atoms with van der Waals surface area (Å²) in [5.41, 5.74) is 2.22. The van der Waals surface area contributed by atoms with Crippen molar-refractivity contribution >= 4 is 22.8 Å². The molecule has 6 heteroatoms. The van der Waals surface area contributed by atoms with Gasteiger partial charge in [0.15, 0.2) is 6.61 Å². The standard InChI is InChI=1S/C22H23NO5/c1-4-23-15(3)21(22(25)26-5-2)18-13-17(11-12-19(18)23)28-20(24)14-27-16-9-7-6-8-10-16/h6-13H,4-5,14H2,1-3H3. The zero-order valence-corrected chi connectivity index (χ0v) is 16.2. The average molecular weight is 381 g/mol. The molecular formula is C22H23NO5. The van der Waals surface area contributed by atoms with E-state index in [1.165, 1.54) is 0 Å². The fourth-order valence-corrected chi connectivity index (χ4v) is 3.21. The zero-order chi connectivity index (χ0) is 20.1. The van der Waals surface area contributed by atoms with Crippen LogP contribution in [0.2, 0.25) is 0 Å². The first-order chi connectivity index (χ1) is 13.5. The van der Waals surface area contributed by atoms with E-state index in [9.17, 15) is 9.59 Å². The number of benzene rings is 2. The lowest BCUT2D eigenvalue weighted by molar-refractivity contribution is -0.136. The fraction of sp³-hybridized carbons (Fsp3) is 0.273. The molecular weight excluding hydrogens is 358 g/mol. The SMILES string of the molecule is CCOC(=O)c1c(C)n(CC)c2ccc(OC(=O)COc3ccccc3)cc12. The van der Waals surface area contributed by atoms with Crippen LogP contribution in [0.15, 0.2) is 48.5 Å². The maximum Gasteiger partial charge on any atom is 0.349 e. The number of para-hydroxylation sites is 1. The third-order valence-electron chi connectivity index (χ3n) is 4.42. The molecule has 0 bridgehead atoms. The van der Waals surface area contributed by atoms with Crippen molar-refractivity contribution in [2.45, 2.75) is 27.3 Å². The molecule has 0 saturated heterocycles. The van der Waals surface area contributed by atoms with Crippen LogP contribution in [0, 0.1) is 6.92 Å². The number of aromatic nitrogens is 1. The summed E-state index contributed by atoms with van der Waals surface area (Å²) in [6, 6.07) is 14.3. The van der Waals surface area contributed by atoms with Gasteiger partial charge in [-0.05, 0) is 51.1 Å². The smallest absolute Gasteiger partial charge is 0.349 e. The van der Waals surface area contributed by atoms with Crippen molar-refractivity contribution in [3.05, 3.63) is 59.8 Å². The van der Waals surface area contributed by atoms with E-state index in [1.807, 2.05) is 42.7 Å². The molecule has 0 atom stereocenters. The normalized spacial score (nSPS) is 10.7. The molecule has 0 aliphatic carbocycles. The zero-order valence-electron chi connectivity index (χ0n) is 16.2. The summed E-state index contributed by atoms with van der Waals surface area (Å²) in [6.45, 7) is 6.47. The van der Waals surface area contributed by atoms with E-state index in [4.69, 9.17) is 14.2 Å². The molecule has 0 aliphatic rings. The second-order valence-electron chi connectivity index (χ2n) is 6.18. The lowest BCUT2D eigenvalue weighted by atomic mass is 10.1. The summed E-state index contributed by atoms with van der Waals surface area (Å²) in [7, 11) is 0. The molecule has 3 aromatic rings. The maximum atomic E-state index is 12.4. The topological polar surface area (TPSA) is 66.8 Å². The quantitative estimate of drug-likeness (QED) is 0.455. The van der Waals surface area contributed by atoms with Gasteiger partial charge in [-0.2, -0.15) is 0 Å². The lowest BCUT2D eigenvalue weighted by Crippen LogP contribution is -2.17. The van der Waals surface area contributed by atoms with Crippen molar-refractivity contribution in [3.63, 3.8) is 0 Å². The number of nitrogens with zero attached hydrogens (tertiary/aromatic N) is 1. The Bertz CT molecular complexity index is 991. The Hall–Kier alpha value is -3.28. The van der Waals surface area contributed by atoms with Crippen molar-refractivity contribution in [1.82, 2.24) is 4.57 Å². The summed E-state index contributed by atoms with van der Waals surface area (Å²) in [5, 5.41) is 0.701. The summed E-state index contributed by atoms with van der Waals surface area (Å²) in [5.74, 6) is 0.0451. The highest BCUT2D eigenvalue weighted by Gasteiger charge is 2.21. The van der Waals surface area contributed by atoms with Gasteiger partial charge in [-0.3, -0.25) is 0 Å². The van der Waals surface area contributed by atoms with Crippen LogP contribution < -0.4 is 9.47 Å². The number of hydrogen-bond donors (Lipinski definition) is 0. The predicted octanol–water partition coefficient (Wildman–Crippen LogP) is 4.13. The molecule has 1 heterocycles. The Morgan fingerprint density at radius 2 is 1.75 bits per heavy atom. The van der Waals surface area contributed by atoms with Gasteiger partial charge in [0.1, 0.15) is 11.5 Å². The third kappa shape index (κ3) is 4.01. The van der Waals surface area contributed by atoms with E-state index in [2.05, 4.69) is 0 Å². The van der Waals surface area contributed by atoms with Crippen molar-refractivity contribution < 1.29 is 23.8 Å². The number of hydrogen-bond acceptors (Lipinski definition) is 5. The van der Waals surface area contributed by atoms with Crippen molar-refractivity contribution in [3.8, 4) is 11.5 Å². The van der Waals surface area contributed by atoms with Crippen LogP contribution in [0.25, 0.3) is 10.9 Å². The van der Waals surface area contributed by atoms with E-state index in [0.29, 0.717) is 35.6 Å². The number of carbonyl (C=O) groups excluding carboxylic acids is 2. The van der Waals surface area contributed by atoms with Gasteiger partial charge >= 0.3 is 11.9 Å².